The molecule has 6 nitrogen and oxygen atoms in total. The molecule has 0 bridgehead atoms. The molecule has 0 saturated heterocycles. The lowest BCUT2D eigenvalue weighted by Gasteiger charge is -2.18. The van der Waals surface area contributed by atoms with E-state index < -0.39 is 6.10 Å². The number of rotatable bonds is 60. The van der Waals surface area contributed by atoms with Gasteiger partial charge in [0.15, 0.2) is 6.10 Å². The molecular weight excluding hydrogens is 973 g/mol. The SMILES string of the molecule is CC/C=C\C/C=C\C/C=C\C/C=C\C/C=C\CCCC(=O)OCC(COC(=O)CCCCCCCCCC/C=C\C/C=C\C/C=C\CCCCCCC)OC(=O)CCCCCCCCCCC/C=C\CCCCCCCCCC. The van der Waals surface area contributed by atoms with Gasteiger partial charge in [-0.25, -0.2) is 0 Å². The zero-order valence-electron chi connectivity index (χ0n) is 51.9. The molecular formula is C73H124O6. The fourth-order valence-electron chi connectivity index (χ4n) is 9.25. The van der Waals surface area contributed by atoms with Crippen molar-refractivity contribution in [3.63, 3.8) is 0 Å². The summed E-state index contributed by atoms with van der Waals surface area (Å²) in [5.74, 6) is -0.961. The highest BCUT2D eigenvalue weighted by Gasteiger charge is 2.19. The number of carbonyl (C=O) groups excluding carboxylic acids is 3. The van der Waals surface area contributed by atoms with Gasteiger partial charge in [-0.1, -0.05) is 284 Å². The van der Waals surface area contributed by atoms with Crippen LogP contribution in [0.15, 0.2) is 109 Å². The number of esters is 3. The monoisotopic (exact) mass is 1100 g/mol. The second-order valence-corrected chi connectivity index (χ2v) is 22.0. The number of hydrogen-bond acceptors (Lipinski definition) is 6. The maximum absolute atomic E-state index is 12.9. The molecule has 79 heavy (non-hydrogen) atoms. The van der Waals surface area contributed by atoms with E-state index in [1.807, 2.05) is 0 Å². The van der Waals surface area contributed by atoms with Crippen molar-refractivity contribution in [2.75, 3.05) is 13.2 Å². The van der Waals surface area contributed by atoms with E-state index in [1.54, 1.807) is 0 Å². The first-order valence-electron chi connectivity index (χ1n) is 33.4. The van der Waals surface area contributed by atoms with E-state index in [-0.39, 0.29) is 37.5 Å². The molecule has 0 aromatic rings. The van der Waals surface area contributed by atoms with Crippen molar-refractivity contribution in [2.24, 2.45) is 0 Å². The van der Waals surface area contributed by atoms with E-state index in [1.165, 1.54) is 173 Å². The van der Waals surface area contributed by atoms with Crippen LogP contribution in [0.2, 0.25) is 0 Å². The van der Waals surface area contributed by atoms with E-state index in [0.29, 0.717) is 19.3 Å². The molecule has 0 heterocycles. The lowest BCUT2D eigenvalue weighted by molar-refractivity contribution is -0.167. The maximum Gasteiger partial charge on any atom is 0.306 e. The predicted octanol–water partition coefficient (Wildman–Crippen LogP) is 23.0. The zero-order chi connectivity index (χ0) is 57.1. The fourth-order valence-corrected chi connectivity index (χ4v) is 9.25. The zero-order valence-corrected chi connectivity index (χ0v) is 51.9. The van der Waals surface area contributed by atoms with Crippen molar-refractivity contribution in [2.45, 2.75) is 322 Å². The molecule has 0 aliphatic rings. The molecule has 1 unspecified atom stereocenters. The summed E-state index contributed by atoms with van der Waals surface area (Å²) < 4.78 is 16.9. The van der Waals surface area contributed by atoms with Gasteiger partial charge < -0.3 is 14.2 Å². The van der Waals surface area contributed by atoms with Crippen LogP contribution in [0.4, 0.5) is 0 Å². The minimum atomic E-state index is -0.809. The Morgan fingerprint density at radius 3 is 0.835 bits per heavy atom. The van der Waals surface area contributed by atoms with E-state index in [0.717, 1.165) is 96.3 Å². The second-order valence-electron chi connectivity index (χ2n) is 22.0. The first-order chi connectivity index (χ1) is 39.0. The van der Waals surface area contributed by atoms with Crippen LogP contribution in [0.3, 0.4) is 0 Å². The third-order valence-electron chi connectivity index (χ3n) is 14.2. The van der Waals surface area contributed by atoms with Crippen molar-refractivity contribution in [1.82, 2.24) is 0 Å². The first kappa shape index (κ1) is 75.1. The first-order valence-corrected chi connectivity index (χ1v) is 33.4. The summed E-state index contributed by atoms with van der Waals surface area (Å²) in [6.45, 7) is 6.49. The fraction of sp³-hybridized carbons (Fsp3) is 0.712. The summed E-state index contributed by atoms with van der Waals surface area (Å²) in [6.07, 6.45) is 91.0. The Bertz CT molecular complexity index is 1590. The normalized spacial score (nSPS) is 12.8. The standard InChI is InChI=1S/C73H124O6/c1-4-7-10-13-16-19-22-25-28-31-33-35-36-38-39-42-45-48-51-54-57-60-63-66-72(75)78-69-70(68-77-71(74)65-62-59-56-53-50-47-44-41-30-27-24-21-18-15-12-9-6-3)79-73(76)67-64-61-58-55-52-49-46-43-40-37-34-32-29-26-23-20-17-14-11-8-5-2/h9,12,18,21-22,25,27,30-34,36,38,44,47,53,56,70H,4-8,10-11,13-17,19-20,23-24,26,28-29,35,37,39-43,45-46,48-52,54-55,57-69H2,1-3H3/b12-9-,21-18-,25-22-,30-27-,33-31-,34-32-,38-36-,47-44-,56-53-. The Kier molecular flexibility index (Phi) is 63.3. The molecule has 0 amide bonds. The molecule has 0 radical (unpaired) electrons. The van der Waals surface area contributed by atoms with E-state index >= 15 is 0 Å². The van der Waals surface area contributed by atoms with Gasteiger partial charge in [-0.2, -0.15) is 0 Å². The number of unbranched alkanes of at least 4 members (excludes halogenated alkanes) is 31. The van der Waals surface area contributed by atoms with Crippen molar-refractivity contribution in [3.05, 3.63) is 109 Å². The third kappa shape index (κ3) is 64.8. The number of carbonyl (C=O) groups is 3. The predicted molar refractivity (Wildman–Crippen MR) is 343 cm³/mol. The van der Waals surface area contributed by atoms with Crippen LogP contribution in [0.5, 0.6) is 0 Å². The highest BCUT2D eigenvalue weighted by molar-refractivity contribution is 5.71. The molecule has 0 aromatic carbocycles. The molecule has 0 fully saturated rings. The molecule has 0 aliphatic heterocycles. The Labute approximate surface area is 489 Å². The largest absolute Gasteiger partial charge is 0.462 e. The molecule has 1 atom stereocenters. The van der Waals surface area contributed by atoms with Gasteiger partial charge in [0.1, 0.15) is 13.2 Å². The summed E-state index contributed by atoms with van der Waals surface area (Å²) in [5.41, 5.74) is 0. The molecule has 0 aliphatic carbocycles. The van der Waals surface area contributed by atoms with Crippen LogP contribution < -0.4 is 0 Å². The molecule has 0 spiro atoms. The Morgan fingerprint density at radius 1 is 0.266 bits per heavy atom. The summed E-state index contributed by atoms with van der Waals surface area (Å²) in [4.78, 5) is 38.4. The van der Waals surface area contributed by atoms with Gasteiger partial charge in [0, 0.05) is 19.3 Å². The summed E-state index contributed by atoms with van der Waals surface area (Å²) in [7, 11) is 0. The smallest absolute Gasteiger partial charge is 0.306 e. The van der Waals surface area contributed by atoms with Gasteiger partial charge in [0.05, 0.1) is 0 Å². The lowest BCUT2D eigenvalue weighted by Crippen LogP contribution is -2.30. The van der Waals surface area contributed by atoms with Crippen LogP contribution in [0.25, 0.3) is 0 Å². The summed E-state index contributed by atoms with van der Waals surface area (Å²) in [5, 5.41) is 0. The van der Waals surface area contributed by atoms with Gasteiger partial charge in [0.25, 0.3) is 0 Å². The van der Waals surface area contributed by atoms with Gasteiger partial charge >= 0.3 is 17.9 Å². The molecule has 0 saturated carbocycles. The second kappa shape index (κ2) is 66.6. The Morgan fingerprint density at radius 2 is 0.506 bits per heavy atom. The third-order valence-corrected chi connectivity index (χ3v) is 14.2. The lowest BCUT2D eigenvalue weighted by atomic mass is 10.1. The van der Waals surface area contributed by atoms with Crippen LogP contribution >= 0.6 is 0 Å². The molecule has 6 heteroatoms. The van der Waals surface area contributed by atoms with Crippen LogP contribution in [-0.4, -0.2) is 37.2 Å². The summed E-state index contributed by atoms with van der Waals surface area (Å²) >= 11 is 0. The average molecular weight is 1100 g/mol. The quantitative estimate of drug-likeness (QED) is 0.0261. The molecule has 0 rings (SSSR count). The van der Waals surface area contributed by atoms with Crippen LogP contribution in [0.1, 0.15) is 316 Å². The van der Waals surface area contributed by atoms with Crippen LogP contribution in [0, 0.1) is 0 Å². The van der Waals surface area contributed by atoms with Crippen molar-refractivity contribution >= 4 is 17.9 Å². The molecule has 452 valence electrons. The molecule has 0 N–H and O–H groups in total. The number of allylic oxidation sites excluding steroid dienone is 18. The highest BCUT2D eigenvalue weighted by Crippen LogP contribution is 2.16. The van der Waals surface area contributed by atoms with E-state index in [4.69, 9.17) is 14.2 Å². The Balaban J connectivity index is 4.45. The maximum atomic E-state index is 12.9. The minimum Gasteiger partial charge on any atom is -0.462 e. The van der Waals surface area contributed by atoms with Gasteiger partial charge in [-0.3, -0.25) is 14.4 Å². The number of hydrogen-bond donors (Lipinski definition) is 0. The van der Waals surface area contributed by atoms with Crippen LogP contribution in [-0.2, 0) is 28.6 Å². The minimum absolute atomic E-state index is 0.101. The summed E-state index contributed by atoms with van der Waals surface area (Å²) in [6, 6.07) is 0. The van der Waals surface area contributed by atoms with E-state index in [9.17, 15) is 14.4 Å². The van der Waals surface area contributed by atoms with E-state index in [2.05, 4.69) is 130 Å². The highest BCUT2D eigenvalue weighted by atomic mass is 16.6. The molecule has 0 aromatic heterocycles. The van der Waals surface area contributed by atoms with Gasteiger partial charge in [0.2, 0.25) is 0 Å². The van der Waals surface area contributed by atoms with Crippen molar-refractivity contribution < 1.29 is 28.6 Å². The van der Waals surface area contributed by atoms with Crippen molar-refractivity contribution in [1.29, 1.82) is 0 Å². The Hall–Kier alpha value is -3.93. The van der Waals surface area contributed by atoms with Crippen molar-refractivity contribution in [3.8, 4) is 0 Å². The topological polar surface area (TPSA) is 78.9 Å². The van der Waals surface area contributed by atoms with Gasteiger partial charge in [-0.15, -0.1) is 0 Å². The average Bonchev–Trinajstić information content (AvgIpc) is 3.45. The number of ether oxygens (including phenoxy) is 3. The van der Waals surface area contributed by atoms with Gasteiger partial charge in [-0.05, 0) is 122 Å².